The second-order valence-electron chi connectivity index (χ2n) is 6.26. The van der Waals surface area contributed by atoms with Crippen molar-refractivity contribution in [3.63, 3.8) is 0 Å². The molecule has 124 valence electrons. The van der Waals surface area contributed by atoms with E-state index in [0.29, 0.717) is 22.8 Å². The van der Waals surface area contributed by atoms with Gasteiger partial charge >= 0.3 is 0 Å². The Morgan fingerprint density at radius 1 is 1.00 bits per heavy atom. The van der Waals surface area contributed by atoms with Gasteiger partial charge in [0.1, 0.15) is 12.1 Å². The van der Waals surface area contributed by atoms with Crippen LogP contribution in [0.15, 0.2) is 48.6 Å². The third-order valence-corrected chi connectivity index (χ3v) is 4.72. The van der Waals surface area contributed by atoms with Crippen LogP contribution >= 0.6 is 0 Å². The molecule has 2 atom stereocenters. The molecule has 2 aliphatic carbocycles. The molecule has 0 amide bonds. The van der Waals surface area contributed by atoms with Crippen molar-refractivity contribution in [1.29, 1.82) is 10.5 Å². The maximum absolute atomic E-state index is 9.36. The topological polar surface area (TPSA) is 125 Å². The van der Waals surface area contributed by atoms with Crippen molar-refractivity contribution in [2.75, 3.05) is 11.5 Å². The van der Waals surface area contributed by atoms with Gasteiger partial charge in [0.25, 0.3) is 0 Å². The minimum atomic E-state index is -0.328. The molecule has 1 heterocycles. The van der Waals surface area contributed by atoms with Gasteiger partial charge in [-0.15, -0.1) is 0 Å². The molecule has 2 aliphatic rings. The molecular weight excluding hydrogens is 324 g/mol. The van der Waals surface area contributed by atoms with E-state index in [0.717, 1.165) is 16.7 Å². The number of anilines is 2. The van der Waals surface area contributed by atoms with Gasteiger partial charge in [0.15, 0.2) is 11.4 Å². The number of allylic oxidation sites excluding steroid dienone is 5. The Kier molecular flexibility index (Phi) is 3.35. The van der Waals surface area contributed by atoms with Crippen LogP contribution < -0.4 is 11.5 Å². The smallest absolute Gasteiger partial charge is 0.177 e. The van der Waals surface area contributed by atoms with Gasteiger partial charge in [-0.05, 0) is 28.8 Å². The second kappa shape index (κ2) is 5.58. The monoisotopic (exact) mass is 338 g/mol. The van der Waals surface area contributed by atoms with Crippen LogP contribution in [0.2, 0.25) is 0 Å². The van der Waals surface area contributed by atoms with E-state index in [1.54, 1.807) is 6.07 Å². The largest absolute Gasteiger partial charge is 0.399 e. The van der Waals surface area contributed by atoms with Crippen LogP contribution in [-0.4, -0.2) is 9.97 Å². The van der Waals surface area contributed by atoms with Gasteiger partial charge in [-0.1, -0.05) is 30.9 Å². The van der Waals surface area contributed by atoms with Crippen molar-refractivity contribution in [2.45, 2.75) is 11.8 Å². The minimum absolute atomic E-state index is 0.00957. The molecule has 0 saturated heterocycles. The van der Waals surface area contributed by atoms with Crippen LogP contribution in [0, 0.1) is 22.7 Å². The molecule has 2 aromatic rings. The summed E-state index contributed by atoms with van der Waals surface area (Å²) in [6, 6.07) is 7.51. The highest BCUT2D eigenvalue weighted by atomic mass is 14.9. The van der Waals surface area contributed by atoms with Crippen molar-refractivity contribution in [1.82, 2.24) is 9.97 Å². The molecule has 0 spiro atoms. The van der Waals surface area contributed by atoms with Gasteiger partial charge in [-0.25, -0.2) is 9.97 Å². The van der Waals surface area contributed by atoms with E-state index >= 15 is 0 Å². The number of benzene rings is 1. The predicted octanol–water partition coefficient (Wildman–Crippen LogP) is 2.64. The quantitative estimate of drug-likeness (QED) is 0.711. The summed E-state index contributed by atoms with van der Waals surface area (Å²) in [4.78, 5) is 8.95. The summed E-state index contributed by atoms with van der Waals surface area (Å²) < 4.78 is 0. The van der Waals surface area contributed by atoms with Gasteiger partial charge < -0.3 is 11.5 Å². The number of nitriles is 2. The summed E-state index contributed by atoms with van der Waals surface area (Å²) in [6.07, 6.45) is 7.65. The summed E-state index contributed by atoms with van der Waals surface area (Å²) in [5, 5.41) is 18.7. The standard InChI is InChI=1S/C20H14N6/c1-10-4-2-3-5-12-18-13(6-11(23)7-14(18)24)17(10)20-19(12)25-15(8-21)16(9-22)26-20/h2-7,12,17H,1,23-24H2/b4-2-,5-3-. The molecule has 2 unspecified atom stereocenters. The molecule has 0 aliphatic heterocycles. The lowest BCUT2D eigenvalue weighted by atomic mass is 9.73. The van der Waals surface area contributed by atoms with Gasteiger partial charge in [0.2, 0.25) is 0 Å². The lowest BCUT2D eigenvalue weighted by Crippen LogP contribution is -2.23. The highest BCUT2D eigenvalue weighted by molar-refractivity contribution is 5.70. The van der Waals surface area contributed by atoms with Gasteiger partial charge in [0, 0.05) is 17.3 Å². The molecule has 1 aromatic carbocycles. The van der Waals surface area contributed by atoms with E-state index < -0.39 is 0 Å². The fourth-order valence-electron chi connectivity index (χ4n) is 3.68. The van der Waals surface area contributed by atoms with Gasteiger partial charge in [-0.3, -0.25) is 0 Å². The zero-order valence-corrected chi connectivity index (χ0v) is 13.8. The highest BCUT2D eigenvalue weighted by Crippen LogP contribution is 2.49. The number of nitrogen functional groups attached to an aromatic ring is 2. The summed E-state index contributed by atoms with van der Waals surface area (Å²) in [6.45, 7) is 4.17. The fourth-order valence-corrected chi connectivity index (χ4v) is 3.68. The molecule has 26 heavy (non-hydrogen) atoms. The number of hydrogen-bond donors (Lipinski definition) is 2. The molecule has 2 bridgehead atoms. The Balaban J connectivity index is 2.15. The van der Waals surface area contributed by atoms with Crippen molar-refractivity contribution in [3.8, 4) is 12.1 Å². The number of rotatable bonds is 0. The van der Waals surface area contributed by atoms with Crippen LogP contribution in [0.3, 0.4) is 0 Å². The van der Waals surface area contributed by atoms with Gasteiger partial charge in [-0.2, -0.15) is 10.5 Å². The lowest BCUT2D eigenvalue weighted by molar-refractivity contribution is 0.765. The van der Waals surface area contributed by atoms with Crippen molar-refractivity contribution in [3.05, 3.63) is 82.5 Å². The number of aromatic nitrogens is 2. The van der Waals surface area contributed by atoms with E-state index in [2.05, 4.69) is 16.5 Å². The third kappa shape index (κ3) is 2.10. The maximum atomic E-state index is 9.36. The Hall–Kier alpha value is -3.90. The zero-order valence-electron chi connectivity index (χ0n) is 13.8. The normalized spacial score (nSPS) is 22.0. The first kappa shape index (κ1) is 15.6. The third-order valence-electron chi connectivity index (χ3n) is 4.72. The van der Waals surface area contributed by atoms with Crippen molar-refractivity contribution < 1.29 is 0 Å². The van der Waals surface area contributed by atoms with Crippen LogP contribution in [0.25, 0.3) is 0 Å². The molecule has 4 N–H and O–H groups in total. The number of nitrogens with zero attached hydrogens (tertiary/aromatic N) is 4. The van der Waals surface area contributed by atoms with E-state index in [-0.39, 0.29) is 23.2 Å². The first-order valence-corrected chi connectivity index (χ1v) is 7.99. The Morgan fingerprint density at radius 2 is 1.69 bits per heavy atom. The fraction of sp³-hybridized carbons (Fsp3) is 0.100. The van der Waals surface area contributed by atoms with Crippen molar-refractivity contribution in [2.24, 2.45) is 0 Å². The SMILES string of the molecule is C=C1/C=C\C=C/C2c3nc(C#N)c(C#N)nc3C1c1cc(N)cc(N)c12. The highest BCUT2D eigenvalue weighted by Gasteiger charge is 2.37. The molecule has 0 fully saturated rings. The summed E-state index contributed by atoms with van der Waals surface area (Å²) in [7, 11) is 0. The van der Waals surface area contributed by atoms with Crippen LogP contribution in [0.4, 0.5) is 11.4 Å². The Bertz CT molecular complexity index is 1110. The predicted molar refractivity (Wildman–Crippen MR) is 97.8 cm³/mol. The number of nitrogens with two attached hydrogens (primary N) is 2. The van der Waals surface area contributed by atoms with Crippen LogP contribution in [0.5, 0.6) is 0 Å². The average Bonchev–Trinajstić information content (AvgIpc) is 2.73. The molecule has 4 rings (SSSR count). The summed E-state index contributed by atoms with van der Waals surface area (Å²) in [5.74, 6) is -0.606. The lowest BCUT2D eigenvalue weighted by Gasteiger charge is -2.32. The first-order valence-electron chi connectivity index (χ1n) is 7.99. The average molecular weight is 338 g/mol. The van der Waals surface area contributed by atoms with E-state index in [4.69, 9.17) is 11.5 Å². The maximum Gasteiger partial charge on any atom is 0.177 e. The van der Waals surface area contributed by atoms with Gasteiger partial charge in [0.05, 0.1) is 17.3 Å². The molecule has 0 saturated carbocycles. The molecule has 6 nitrogen and oxygen atoms in total. The second-order valence-corrected chi connectivity index (χ2v) is 6.26. The first-order chi connectivity index (χ1) is 12.5. The number of hydrogen-bond acceptors (Lipinski definition) is 6. The van der Waals surface area contributed by atoms with E-state index in [1.807, 2.05) is 42.5 Å². The molecule has 1 aromatic heterocycles. The number of fused-ring (bicyclic) bond motifs is 3. The van der Waals surface area contributed by atoms with Crippen molar-refractivity contribution >= 4 is 11.4 Å². The van der Waals surface area contributed by atoms with E-state index in [9.17, 15) is 10.5 Å². The zero-order chi connectivity index (χ0) is 18.4. The molecular formula is C20H14N6. The minimum Gasteiger partial charge on any atom is -0.399 e. The molecule has 6 heteroatoms. The summed E-state index contributed by atoms with van der Waals surface area (Å²) in [5.41, 5.74) is 17.3. The van der Waals surface area contributed by atoms with E-state index in [1.165, 1.54) is 0 Å². The Morgan fingerprint density at radius 3 is 2.38 bits per heavy atom. The summed E-state index contributed by atoms with van der Waals surface area (Å²) >= 11 is 0. The molecule has 0 radical (unpaired) electrons. The van der Waals surface area contributed by atoms with Crippen LogP contribution in [0.1, 0.15) is 45.7 Å². The Labute approximate surface area is 150 Å². The van der Waals surface area contributed by atoms with Crippen LogP contribution in [-0.2, 0) is 0 Å².